The molecule has 5 rings (SSSR count). The van der Waals surface area contributed by atoms with Crippen molar-refractivity contribution in [1.29, 1.82) is 0 Å². The maximum Gasteiger partial charge on any atom is 3.00 e. The molecule has 0 fully saturated rings. The Morgan fingerprint density at radius 1 is 0.459 bits per heavy atom. The smallest absolute Gasteiger partial charge is 0.657 e. The number of nitrogens with zero attached hydrogens (tertiary/aromatic N) is 1. The van der Waals surface area contributed by atoms with Gasteiger partial charge in [0.2, 0.25) is 0 Å². The fourth-order valence-corrected chi connectivity index (χ4v) is 7.40. The fraction of sp³-hybridized carbons (Fsp3) is 0.294. The van der Waals surface area contributed by atoms with Crippen LogP contribution in [0, 0.1) is 14.9 Å². The second-order valence-corrected chi connectivity index (χ2v) is 11.7. The molecular formula is C34H44NPRh+. The summed E-state index contributed by atoms with van der Waals surface area (Å²) in [5, 5.41) is 9.34. The normalized spacial score (nSPS) is 15.6. The molecule has 3 aromatic carbocycles. The van der Waals surface area contributed by atoms with Crippen molar-refractivity contribution >= 4 is 23.8 Å². The molecule has 0 amide bonds. The van der Waals surface area contributed by atoms with Crippen LogP contribution in [-0.2, 0) is 19.5 Å². The standard InChI is InChI=1S/C18H15P.C14H22N.2CH3.Rh/c1-4-10-16(11-5-1)19(17-12-6-2-7-13-17)18-14-8-3-9-15-18;1-2-6-10-13(9-5-1)15-14-11-7-3-4-8-12-14;;;/h1-15H;1-4,13-14H,5-12H2;2*1H3;/q;3*-1;+3/p+1. The molecule has 2 aliphatic carbocycles. The van der Waals surface area contributed by atoms with E-state index < -0.39 is 7.92 Å². The van der Waals surface area contributed by atoms with Crippen LogP contribution < -0.4 is 15.9 Å². The second-order valence-electron chi connectivity index (χ2n) is 9.18. The Bertz CT molecular complexity index is 866. The first-order chi connectivity index (χ1) is 16.9. The maximum absolute atomic E-state index is 5.04. The van der Waals surface area contributed by atoms with Crippen LogP contribution in [0.1, 0.15) is 51.4 Å². The molecule has 37 heavy (non-hydrogen) atoms. The van der Waals surface area contributed by atoms with Crippen molar-refractivity contribution in [2.45, 2.75) is 63.5 Å². The second kappa shape index (κ2) is 19.3. The summed E-state index contributed by atoms with van der Waals surface area (Å²) in [6.07, 6.45) is 19.3. The van der Waals surface area contributed by atoms with E-state index in [4.69, 9.17) is 5.32 Å². The van der Waals surface area contributed by atoms with Gasteiger partial charge in [0, 0.05) is 0 Å². The number of allylic oxidation sites excluding steroid dienone is 4. The molecule has 0 spiro atoms. The molecule has 2 aliphatic rings. The van der Waals surface area contributed by atoms with E-state index in [1.165, 1.54) is 67.3 Å². The van der Waals surface area contributed by atoms with E-state index in [1.54, 1.807) is 0 Å². The summed E-state index contributed by atoms with van der Waals surface area (Å²) in [4.78, 5) is 0. The molecule has 3 aromatic rings. The van der Waals surface area contributed by atoms with Gasteiger partial charge in [-0.1, -0.05) is 105 Å². The molecule has 0 bridgehead atoms. The zero-order valence-electron chi connectivity index (χ0n) is 22.6. The topological polar surface area (TPSA) is 14.1 Å². The number of hydrogen-bond acceptors (Lipinski definition) is 0. The van der Waals surface area contributed by atoms with Gasteiger partial charge in [-0.3, -0.25) is 0 Å². The predicted octanol–water partition coefficient (Wildman–Crippen LogP) is 8.43. The predicted molar refractivity (Wildman–Crippen MR) is 166 cm³/mol. The quantitative estimate of drug-likeness (QED) is 0.121. The largest absolute Gasteiger partial charge is 3.00 e. The van der Waals surface area contributed by atoms with Crippen LogP contribution in [0.15, 0.2) is 115 Å². The molecule has 0 saturated heterocycles. The van der Waals surface area contributed by atoms with Crippen molar-refractivity contribution in [1.82, 2.24) is 0 Å². The summed E-state index contributed by atoms with van der Waals surface area (Å²) in [6, 6.07) is 33.8. The number of rotatable bonds is 5. The molecule has 0 aromatic heterocycles. The Morgan fingerprint density at radius 3 is 1.00 bits per heavy atom. The third kappa shape index (κ3) is 11.2. The van der Waals surface area contributed by atoms with Crippen molar-refractivity contribution in [3.8, 4) is 0 Å². The molecule has 0 unspecified atom stereocenters. The molecule has 0 radical (unpaired) electrons. The van der Waals surface area contributed by atoms with Crippen molar-refractivity contribution in [3.05, 3.63) is 135 Å². The van der Waals surface area contributed by atoms with Gasteiger partial charge in [0.15, 0.2) is 0 Å². The van der Waals surface area contributed by atoms with E-state index in [0.717, 1.165) is 0 Å². The first-order valence-corrected chi connectivity index (χ1v) is 14.4. The number of benzene rings is 3. The van der Waals surface area contributed by atoms with Crippen LogP contribution in [0.25, 0.3) is 5.32 Å². The first kappa shape index (κ1) is 33.2. The fourth-order valence-electron chi connectivity index (χ4n) is 4.83. The third-order valence-corrected chi connectivity index (χ3v) is 9.34. The molecule has 0 heterocycles. The first-order valence-electron chi connectivity index (χ1n) is 12.9. The van der Waals surface area contributed by atoms with E-state index in [1.807, 2.05) is 0 Å². The van der Waals surface area contributed by atoms with Gasteiger partial charge < -0.3 is 20.2 Å². The van der Waals surface area contributed by atoms with E-state index in [9.17, 15) is 0 Å². The minimum Gasteiger partial charge on any atom is -0.657 e. The average molecular weight is 601 g/mol. The van der Waals surface area contributed by atoms with Gasteiger partial charge in [0.05, 0.1) is 7.92 Å². The van der Waals surface area contributed by atoms with Gasteiger partial charge >= 0.3 is 19.5 Å². The minimum atomic E-state index is -0.877. The Balaban J connectivity index is 0.000000350. The van der Waals surface area contributed by atoms with Crippen LogP contribution in [0.3, 0.4) is 0 Å². The summed E-state index contributed by atoms with van der Waals surface area (Å²) >= 11 is 0. The molecule has 1 nitrogen and oxygen atoms in total. The summed E-state index contributed by atoms with van der Waals surface area (Å²) in [5.74, 6) is 0. The van der Waals surface area contributed by atoms with E-state index >= 15 is 0 Å². The van der Waals surface area contributed by atoms with Crippen LogP contribution in [-0.4, -0.2) is 12.1 Å². The van der Waals surface area contributed by atoms with Crippen molar-refractivity contribution in [2.24, 2.45) is 0 Å². The zero-order chi connectivity index (χ0) is 23.3. The van der Waals surface area contributed by atoms with Crippen LogP contribution in [0.5, 0.6) is 0 Å². The third-order valence-electron chi connectivity index (χ3n) is 6.61. The average Bonchev–Trinajstić information content (AvgIpc) is 3.32. The molecule has 3 heteroatoms. The summed E-state index contributed by atoms with van der Waals surface area (Å²) in [7, 11) is -0.877. The van der Waals surface area contributed by atoms with Gasteiger partial charge in [-0.2, -0.15) is 0 Å². The van der Waals surface area contributed by atoms with Crippen LogP contribution in [0.4, 0.5) is 0 Å². The molecule has 0 atom stereocenters. The molecular weight excluding hydrogens is 556 g/mol. The van der Waals surface area contributed by atoms with E-state index in [0.29, 0.717) is 12.1 Å². The Morgan fingerprint density at radius 2 is 0.730 bits per heavy atom. The maximum atomic E-state index is 5.04. The molecule has 198 valence electrons. The van der Waals surface area contributed by atoms with Crippen molar-refractivity contribution in [3.63, 3.8) is 0 Å². The Hall–Kier alpha value is -1.85. The van der Waals surface area contributed by atoms with Gasteiger partial charge in [-0.05, 0) is 62.1 Å². The molecule has 0 N–H and O–H groups in total. The van der Waals surface area contributed by atoms with Gasteiger partial charge in [-0.25, -0.2) is 0 Å². The monoisotopic (exact) mass is 600 g/mol. The Labute approximate surface area is 241 Å². The van der Waals surface area contributed by atoms with Gasteiger partial charge in [0.25, 0.3) is 0 Å². The van der Waals surface area contributed by atoms with E-state index in [-0.39, 0.29) is 34.3 Å². The summed E-state index contributed by atoms with van der Waals surface area (Å²) < 4.78 is 0. The van der Waals surface area contributed by atoms with Crippen molar-refractivity contribution < 1.29 is 19.5 Å². The number of hydrogen-bond donors (Lipinski definition) is 0. The zero-order valence-corrected chi connectivity index (χ0v) is 25.2. The summed E-state index contributed by atoms with van der Waals surface area (Å²) in [6.45, 7) is 0. The molecule has 0 aliphatic heterocycles. The van der Waals surface area contributed by atoms with E-state index in [2.05, 4.69) is 115 Å². The SMILES string of the molecule is C1=CCCC([N-]C2CCC=CCC2)CC1.[CH3-].[CH3-].[Rh+3].c1ccc([PH+](c2ccccc2)c2ccccc2)cc1. The van der Waals surface area contributed by atoms with Crippen LogP contribution >= 0.6 is 7.92 Å². The molecule has 0 saturated carbocycles. The van der Waals surface area contributed by atoms with Crippen molar-refractivity contribution in [2.75, 3.05) is 0 Å². The summed E-state index contributed by atoms with van der Waals surface area (Å²) in [5.41, 5.74) is 0. The minimum absolute atomic E-state index is 0. The van der Waals surface area contributed by atoms with Gasteiger partial charge in [-0.15, -0.1) is 12.1 Å². The van der Waals surface area contributed by atoms with Crippen LogP contribution in [0.2, 0.25) is 0 Å². The Kier molecular flexibility index (Phi) is 17.3. The van der Waals surface area contributed by atoms with Gasteiger partial charge in [0.1, 0.15) is 15.9 Å².